The van der Waals surface area contributed by atoms with Crippen molar-refractivity contribution >= 4 is 0 Å². The number of rotatable bonds is 4. The van der Waals surface area contributed by atoms with Gasteiger partial charge in [-0.2, -0.15) is 5.26 Å². The highest BCUT2D eigenvalue weighted by Gasteiger charge is 2.01. The fraction of sp³-hybridized carbons (Fsp3) is 0.188. The number of aryl methyl sites for hydroxylation is 1. The van der Waals surface area contributed by atoms with Gasteiger partial charge in [0.05, 0.1) is 18.2 Å². The van der Waals surface area contributed by atoms with E-state index in [0.717, 1.165) is 22.4 Å². The Bertz CT molecular complexity index is 597. The molecule has 0 bridgehead atoms. The van der Waals surface area contributed by atoms with Crippen molar-refractivity contribution in [1.82, 2.24) is 0 Å². The molecule has 0 aliphatic heterocycles. The molecule has 3 heteroatoms. The van der Waals surface area contributed by atoms with Crippen molar-refractivity contribution in [2.75, 3.05) is 0 Å². The van der Waals surface area contributed by atoms with Crippen molar-refractivity contribution in [1.29, 1.82) is 5.26 Å². The van der Waals surface area contributed by atoms with Crippen molar-refractivity contribution in [3.05, 3.63) is 64.7 Å². The van der Waals surface area contributed by atoms with Crippen LogP contribution in [0.1, 0.15) is 22.3 Å². The van der Waals surface area contributed by atoms with E-state index < -0.39 is 0 Å². The SMILES string of the molecule is Cc1cc(C#N)ccc1COc1ccc(CO)cc1. The highest BCUT2D eigenvalue weighted by atomic mass is 16.5. The molecule has 0 fully saturated rings. The fourth-order valence-electron chi connectivity index (χ4n) is 1.78. The van der Waals surface area contributed by atoms with E-state index >= 15 is 0 Å². The Morgan fingerprint density at radius 3 is 2.47 bits per heavy atom. The first-order valence-electron chi connectivity index (χ1n) is 6.05. The van der Waals surface area contributed by atoms with Crippen molar-refractivity contribution in [3.63, 3.8) is 0 Å². The van der Waals surface area contributed by atoms with Crippen LogP contribution in [0.2, 0.25) is 0 Å². The van der Waals surface area contributed by atoms with Crippen molar-refractivity contribution in [3.8, 4) is 11.8 Å². The number of aliphatic hydroxyl groups is 1. The molecular formula is C16H15NO2. The average Bonchev–Trinajstić information content (AvgIpc) is 2.46. The molecule has 0 atom stereocenters. The zero-order valence-corrected chi connectivity index (χ0v) is 10.8. The van der Waals surface area contributed by atoms with Crippen LogP contribution < -0.4 is 4.74 Å². The summed E-state index contributed by atoms with van der Waals surface area (Å²) in [6, 6.07) is 15.0. The minimum Gasteiger partial charge on any atom is -0.489 e. The molecule has 96 valence electrons. The van der Waals surface area contributed by atoms with Gasteiger partial charge < -0.3 is 9.84 Å². The lowest BCUT2D eigenvalue weighted by Gasteiger charge is -2.09. The van der Waals surface area contributed by atoms with Crippen LogP contribution in [-0.4, -0.2) is 5.11 Å². The first-order chi connectivity index (χ1) is 9.22. The van der Waals surface area contributed by atoms with Crippen LogP contribution in [0.15, 0.2) is 42.5 Å². The fourth-order valence-corrected chi connectivity index (χ4v) is 1.78. The van der Waals surface area contributed by atoms with E-state index in [-0.39, 0.29) is 6.61 Å². The average molecular weight is 253 g/mol. The standard InChI is InChI=1S/C16H15NO2/c1-12-8-14(9-17)2-5-15(12)11-19-16-6-3-13(10-18)4-7-16/h2-8,18H,10-11H2,1H3. The van der Waals surface area contributed by atoms with Gasteiger partial charge in [0.25, 0.3) is 0 Å². The summed E-state index contributed by atoms with van der Waals surface area (Å²) in [5.74, 6) is 0.765. The summed E-state index contributed by atoms with van der Waals surface area (Å²) in [5.41, 5.74) is 3.63. The molecule has 19 heavy (non-hydrogen) atoms. The van der Waals surface area contributed by atoms with Gasteiger partial charge in [-0.05, 0) is 47.9 Å². The van der Waals surface area contributed by atoms with Crippen molar-refractivity contribution in [2.24, 2.45) is 0 Å². The van der Waals surface area contributed by atoms with Crippen LogP contribution in [0.3, 0.4) is 0 Å². The summed E-state index contributed by atoms with van der Waals surface area (Å²) >= 11 is 0. The molecule has 0 aliphatic carbocycles. The Morgan fingerprint density at radius 2 is 1.89 bits per heavy atom. The van der Waals surface area contributed by atoms with Gasteiger partial charge in [0.15, 0.2) is 0 Å². The molecule has 0 amide bonds. The quantitative estimate of drug-likeness (QED) is 0.911. The number of benzene rings is 2. The lowest BCUT2D eigenvalue weighted by Crippen LogP contribution is -1.98. The highest BCUT2D eigenvalue weighted by Crippen LogP contribution is 2.16. The number of hydrogen-bond acceptors (Lipinski definition) is 3. The Kier molecular flexibility index (Phi) is 4.17. The van der Waals surface area contributed by atoms with Gasteiger partial charge in [-0.15, -0.1) is 0 Å². The van der Waals surface area contributed by atoms with Gasteiger partial charge >= 0.3 is 0 Å². The molecule has 0 heterocycles. The third kappa shape index (κ3) is 3.34. The summed E-state index contributed by atoms with van der Waals surface area (Å²) in [7, 11) is 0. The minimum absolute atomic E-state index is 0.0367. The van der Waals surface area contributed by atoms with Crippen LogP contribution >= 0.6 is 0 Å². The van der Waals surface area contributed by atoms with Gasteiger partial charge in [-0.25, -0.2) is 0 Å². The van der Waals surface area contributed by atoms with Gasteiger partial charge in [0, 0.05) is 0 Å². The Morgan fingerprint density at radius 1 is 1.16 bits per heavy atom. The molecule has 3 nitrogen and oxygen atoms in total. The van der Waals surface area contributed by atoms with E-state index in [1.54, 1.807) is 6.07 Å². The predicted octanol–water partition coefficient (Wildman–Crippen LogP) is 2.94. The summed E-state index contributed by atoms with van der Waals surface area (Å²) in [6.07, 6.45) is 0. The Hall–Kier alpha value is -2.31. The lowest BCUT2D eigenvalue weighted by molar-refractivity contribution is 0.280. The van der Waals surface area contributed by atoms with E-state index in [4.69, 9.17) is 15.1 Å². The van der Waals surface area contributed by atoms with Gasteiger partial charge in [0.2, 0.25) is 0 Å². The normalized spacial score (nSPS) is 9.95. The molecule has 1 N–H and O–H groups in total. The van der Waals surface area contributed by atoms with Crippen LogP contribution in [0.5, 0.6) is 5.75 Å². The molecule has 0 saturated carbocycles. The number of ether oxygens (including phenoxy) is 1. The van der Waals surface area contributed by atoms with E-state index in [1.165, 1.54) is 0 Å². The summed E-state index contributed by atoms with van der Waals surface area (Å²) < 4.78 is 5.68. The van der Waals surface area contributed by atoms with Gasteiger partial charge in [-0.1, -0.05) is 18.2 Å². The second kappa shape index (κ2) is 6.03. The van der Waals surface area contributed by atoms with E-state index in [2.05, 4.69) is 6.07 Å². The zero-order valence-electron chi connectivity index (χ0n) is 10.8. The molecule has 0 aromatic heterocycles. The van der Waals surface area contributed by atoms with E-state index in [1.807, 2.05) is 43.3 Å². The lowest BCUT2D eigenvalue weighted by atomic mass is 10.1. The monoisotopic (exact) mass is 253 g/mol. The second-order valence-electron chi connectivity index (χ2n) is 4.34. The third-order valence-electron chi connectivity index (χ3n) is 2.97. The van der Waals surface area contributed by atoms with Crippen molar-refractivity contribution in [2.45, 2.75) is 20.1 Å². The zero-order chi connectivity index (χ0) is 13.7. The first-order valence-corrected chi connectivity index (χ1v) is 6.05. The van der Waals surface area contributed by atoms with Gasteiger partial charge in [0.1, 0.15) is 12.4 Å². The molecule has 0 unspecified atom stereocenters. The van der Waals surface area contributed by atoms with Crippen LogP contribution in [0.25, 0.3) is 0 Å². The molecule has 0 radical (unpaired) electrons. The molecular weight excluding hydrogens is 238 g/mol. The number of nitriles is 1. The largest absolute Gasteiger partial charge is 0.489 e. The maximum Gasteiger partial charge on any atom is 0.119 e. The maximum absolute atomic E-state index is 8.95. The number of nitrogens with zero attached hydrogens (tertiary/aromatic N) is 1. The smallest absolute Gasteiger partial charge is 0.119 e. The maximum atomic E-state index is 8.95. The Labute approximate surface area is 112 Å². The molecule has 2 aromatic rings. The topological polar surface area (TPSA) is 53.2 Å². The van der Waals surface area contributed by atoms with E-state index in [9.17, 15) is 0 Å². The minimum atomic E-state index is 0.0367. The Balaban J connectivity index is 2.04. The van der Waals surface area contributed by atoms with Crippen LogP contribution in [-0.2, 0) is 13.2 Å². The summed E-state index contributed by atoms with van der Waals surface area (Å²) in [4.78, 5) is 0. The molecule has 2 aromatic carbocycles. The molecule has 0 spiro atoms. The van der Waals surface area contributed by atoms with Gasteiger partial charge in [-0.3, -0.25) is 0 Å². The summed E-state index contributed by atoms with van der Waals surface area (Å²) in [6.45, 7) is 2.47. The van der Waals surface area contributed by atoms with Crippen LogP contribution in [0.4, 0.5) is 0 Å². The summed E-state index contributed by atoms with van der Waals surface area (Å²) in [5, 5.41) is 17.8. The van der Waals surface area contributed by atoms with E-state index in [0.29, 0.717) is 12.2 Å². The molecule has 2 rings (SSSR count). The third-order valence-corrected chi connectivity index (χ3v) is 2.97. The number of hydrogen-bond donors (Lipinski definition) is 1. The predicted molar refractivity (Wildman–Crippen MR) is 72.6 cm³/mol. The first kappa shape index (κ1) is 13.1. The molecule has 0 saturated heterocycles. The highest BCUT2D eigenvalue weighted by molar-refractivity contribution is 5.37. The van der Waals surface area contributed by atoms with Crippen molar-refractivity contribution < 1.29 is 9.84 Å². The van der Waals surface area contributed by atoms with Crippen LogP contribution in [0, 0.1) is 18.3 Å². The second-order valence-corrected chi connectivity index (χ2v) is 4.34. The molecule has 0 aliphatic rings. The number of aliphatic hydroxyl groups excluding tert-OH is 1.